The maximum absolute atomic E-state index is 11.7. The third kappa shape index (κ3) is 4.23. The van der Waals surface area contributed by atoms with Crippen molar-refractivity contribution < 1.29 is 19.5 Å². The average molecular weight is 280 g/mol. The summed E-state index contributed by atoms with van der Waals surface area (Å²) in [6, 6.07) is 1.49. The number of hydrogen-bond acceptors (Lipinski definition) is 4. The van der Waals surface area contributed by atoms with Crippen molar-refractivity contribution in [3.8, 4) is 0 Å². The van der Waals surface area contributed by atoms with E-state index in [0.29, 0.717) is 6.54 Å². The van der Waals surface area contributed by atoms with Gasteiger partial charge in [-0.2, -0.15) is 0 Å². The van der Waals surface area contributed by atoms with E-state index in [1.165, 1.54) is 25.3 Å². The molecule has 0 aliphatic heterocycles. The Bertz CT molecular complexity index is 518. The molecule has 1 aromatic heterocycles. The van der Waals surface area contributed by atoms with Crippen molar-refractivity contribution in [1.82, 2.24) is 15.6 Å². The highest BCUT2D eigenvalue weighted by Gasteiger charge is 2.17. The van der Waals surface area contributed by atoms with Crippen LogP contribution >= 0.6 is 0 Å². The molecule has 0 spiro atoms. The molecule has 8 nitrogen and oxygen atoms in total. The second kappa shape index (κ2) is 7.07. The average Bonchev–Trinajstić information content (AvgIpc) is 2.39. The molecule has 4 N–H and O–H groups in total. The van der Waals surface area contributed by atoms with Crippen LogP contribution in [-0.4, -0.2) is 40.6 Å². The van der Waals surface area contributed by atoms with E-state index in [4.69, 9.17) is 5.11 Å². The van der Waals surface area contributed by atoms with Gasteiger partial charge in [0.1, 0.15) is 6.04 Å². The van der Waals surface area contributed by atoms with E-state index in [-0.39, 0.29) is 17.3 Å². The summed E-state index contributed by atoms with van der Waals surface area (Å²) < 4.78 is 0. The van der Waals surface area contributed by atoms with Crippen LogP contribution in [-0.2, 0) is 4.79 Å². The van der Waals surface area contributed by atoms with Crippen LogP contribution in [0.3, 0.4) is 0 Å². The van der Waals surface area contributed by atoms with Crippen molar-refractivity contribution in [3.63, 3.8) is 0 Å². The minimum atomic E-state index is -1.25. The lowest BCUT2D eigenvalue weighted by Crippen LogP contribution is -2.46. The monoisotopic (exact) mass is 280 g/mol. The second-order valence-electron chi connectivity index (χ2n) is 3.92. The number of carbonyl (C=O) groups excluding carboxylic acids is 2. The fourth-order valence-electron chi connectivity index (χ4n) is 1.42. The predicted molar refractivity (Wildman–Crippen MR) is 71.5 cm³/mol. The molecule has 0 aromatic carbocycles. The molecule has 8 heteroatoms. The van der Waals surface area contributed by atoms with Gasteiger partial charge in [0.25, 0.3) is 0 Å². The lowest BCUT2D eigenvalue weighted by atomic mass is 10.3. The number of aromatic nitrogens is 1. The van der Waals surface area contributed by atoms with Crippen LogP contribution in [0.1, 0.15) is 24.3 Å². The van der Waals surface area contributed by atoms with E-state index in [1.807, 2.05) is 0 Å². The first kappa shape index (κ1) is 15.4. The molecular formula is C12H16N4O4. The first-order valence-corrected chi connectivity index (χ1v) is 5.99. The molecule has 3 amide bonds. The van der Waals surface area contributed by atoms with Crippen molar-refractivity contribution in [2.75, 3.05) is 11.9 Å². The third-order valence-corrected chi connectivity index (χ3v) is 2.35. The first-order valence-electron chi connectivity index (χ1n) is 5.99. The highest BCUT2D eigenvalue weighted by atomic mass is 16.4. The zero-order valence-electron chi connectivity index (χ0n) is 11.1. The first-order chi connectivity index (χ1) is 9.45. The molecule has 0 aliphatic carbocycles. The van der Waals surface area contributed by atoms with Gasteiger partial charge in [-0.3, -0.25) is 4.79 Å². The number of nitrogens with zero attached hydrogens (tertiary/aromatic N) is 1. The van der Waals surface area contributed by atoms with Gasteiger partial charge in [-0.1, -0.05) is 0 Å². The molecule has 1 atom stereocenters. The van der Waals surface area contributed by atoms with Gasteiger partial charge in [-0.05, 0) is 26.0 Å². The van der Waals surface area contributed by atoms with E-state index in [0.717, 1.165) is 0 Å². The molecule has 1 unspecified atom stereocenters. The lowest BCUT2D eigenvalue weighted by Gasteiger charge is -2.14. The maximum atomic E-state index is 11.7. The summed E-state index contributed by atoms with van der Waals surface area (Å²) in [6.07, 6.45) is 1.31. The predicted octanol–water partition coefficient (Wildman–Crippen LogP) is 0.426. The summed E-state index contributed by atoms with van der Waals surface area (Å²) in [5.74, 6) is -1.58. The van der Waals surface area contributed by atoms with E-state index in [1.54, 1.807) is 6.92 Å². The van der Waals surface area contributed by atoms with Crippen molar-refractivity contribution in [2.45, 2.75) is 19.9 Å². The molecule has 0 saturated carbocycles. The van der Waals surface area contributed by atoms with Crippen LogP contribution in [0, 0.1) is 0 Å². The molecular weight excluding hydrogens is 264 g/mol. The summed E-state index contributed by atoms with van der Waals surface area (Å²) >= 11 is 0. The highest BCUT2D eigenvalue weighted by molar-refractivity contribution is 5.99. The summed E-state index contributed by atoms with van der Waals surface area (Å²) in [4.78, 5) is 37.7. The van der Waals surface area contributed by atoms with Crippen molar-refractivity contribution >= 4 is 23.6 Å². The van der Waals surface area contributed by atoms with E-state index in [2.05, 4.69) is 20.9 Å². The largest absolute Gasteiger partial charge is 0.476 e. The van der Waals surface area contributed by atoms with Gasteiger partial charge in [-0.25, -0.2) is 14.6 Å². The minimum absolute atomic E-state index is 0.0561. The number of carbonyl (C=O) groups is 3. The number of likely N-dealkylation sites (N-methyl/N-ethyl adjacent to an activating group) is 1. The van der Waals surface area contributed by atoms with Crippen molar-refractivity contribution in [2.24, 2.45) is 0 Å². The van der Waals surface area contributed by atoms with Crippen molar-refractivity contribution in [3.05, 3.63) is 24.0 Å². The van der Waals surface area contributed by atoms with Crippen LogP contribution in [0.4, 0.5) is 10.5 Å². The number of nitrogens with one attached hydrogen (secondary N) is 3. The summed E-state index contributed by atoms with van der Waals surface area (Å²) in [5, 5.41) is 16.2. The zero-order valence-corrected chi connectivity index (χ0v) is 11.1. The van der Waals surface area contributed by atoms with E-state index >= 15 is 0 Å². The molecule has 1 rings (SSSR count). The molecule has 1 aromatic rings. The van der Waals surface area contributed by atoms with Gasteiger partial charge >= 0.3 is 12.0 Å². The summed E-state index contributed by atoms with van der Waals surface area (Å²) in [6.45, 7) is 3.74. The Morgan fingerprint density at radius 3 is 2.70 bits per heavy atom. The van der Waals surface area contributed by atoms with Crippen LogP contribution in [0.15, 0.2) is 18.3 Å². The smallest absolute Gasteiger partial charge is 0.356 e. The quantitative estimate of drug-likeness (QED) is 0.623. The van der Waals surface area contributed by atoms with Crippen LogP contribution in [0.5, 0.6) is 0 Å². The van der Waals surface area contributed by atoms with Crippen molar-refractivity contribution in [1.29, 1.82) is 0 Å². The molecule has 20 heavy (non-hydrogen) atoms. The van der Waals surface area contributed by atoms with Gasteiger partial charge in [0, 0.05) is 12.7 Å². The molecule has 108 valence electrons. The van der Waals surface area contributed by atoms with Crippen LogP contribution in [0.2, 0.25) is 0 Å². The van der Waals surface area contributed by atoms with Gasteiger partial charge < -0.3 is 21.1 Å². The fraction of sp³-hybridized carbons (Fsp3) is 0.333. The van der Waals surface area contributed by atoms with Gasteiger partial charge in [-0.15, -0.1) is 0 Å². The normalized spacial score (nSPS) is 11.3. The minimum Gasteiger partial charge on any atom is -0.476 e. The summed E-state index contributed by atoms with van der Waals surface area (Å²) in [7, 11) is 0. The molecule has 0 radical (unpaired) electrons. The van der Waals surface area contributed by atoms with Gasteiger partial charge in [0.15, 0.2) is 5.69 Å². The number of anilines is 1. The molecule has 0 aliphatic rings. The third-order valence-electron chi connectivity index (χ3n) is 2.35. The Morgan fingerprint density at radius 2 is 2.10 bits per heavy atom. The number of carboxylic acid groups (broad SMARTS) is 1. The highest BCUT2D eigenvalue weighted by Crippen LogP contribution is 2.11. The van der Waals surface area contributed by atoms with Crippen LogP contribution < -0.4 is 16.0 Å². The number of urea groups is 1. The number of rotatable bonds is 5. The molecule has 0 bridgehead atoms. The zero-order chi connectivity index (χ0) is 15.1. The van der Waals surface area contributed by atoms with E-state index < -0.39 is 18.0 Å². The topological polar surface area (TPSA) is 120 Å². The number of hydrogen-bond donors (Lipinski definition) is 4. The van der Waals surface area contributed by atoms with Gasteiger partial charge in [0.05, 0.1) is 5.69 Å². The number of carboxylic acids is 1. The molecule has 1 heterocycles. The molecule has 0 saturated heterocycles. The number of amides is 3. The lowest BCUT2D eigenvalue weighted by molar-refractivity contribution is -0.122. The Kier molecular flexibility index (Phi) is 5.45. The standard InChI is InChI=1S/C12H16N4O4/c1-3-13-10(17)7(2)15-12(20)16-8-5-4-6-14-9(8)11(18)19/h4-7H,3H2,1-2H3,(H,13,17)(H,18,19)(H2,15,16,20). The Hall–Kier alpha value is -2.64. The SMILES string of the molecule is CCNC(=O)C(C)NC(=O)Nc1cccnc1C(=O)O. The van der Waals surface area contributed by atoms with E-state index in [9.17, 15) is 14.4 Å². The Morgan fingerprint density at radius 1 is 1.40 bits per heavy atom. The second-order valence-corrected chi connectivity index (χ2v) is 3.92. The Labute approximate surface area is 115 Å². The maximum Gasteiger partial charge on any atom is 0.356 e. The Balaban J connectivity index is 2.68. The van der Waals surface area contributed by atoms with Gasteiger partial charge in [0.2, 0.25) is 5.91 Å². The van der Waals surface area contributed by atoms with Crippen LogP contribution in [0.25, 0.3) is 0 Å². The molecule has 0 fully saturated rings. The fourth-order valence-corrected chi connectivity index (χ4v) is 1.42. The number of pyridine rings is 1. The number of aromatic carboxylic acids is 1. The summed E-state index contributed by atoms with van der Waals surface area (Å²) in [5.41, 5.74) is -0.214.